The average Bonchev–Trinajstić information content (AvgIpc) is 2.93. The molecule has 1 aromatic carbocycles. The highest BCUT2D eigenvalue weighted by atomic mass is 32.2. The Labute approximate surface area is 152 Å². The zero-order chi connectivity index (χ0) is 18.9. The molecule has 26 heavy (non-hydrogen) atoms. The summed E-state index contributed by atoms with van der Waals surface area (Å²) in [7, 11) is -6.82. The van der Waals surface area contributed by atoms with Crippen molar-refractivity contribution in [3.8, 4) is 0 Å². The molecule has 2 heterocycles. The highest BCUT2D eigenvalue weighted by Crippen LogP contribution is 2.23. The summed E-state index contributed by atoms with van der Waals surface area (Å²) >= 11 is 0. The van der Waals surface area contributed by atoms with Gasteiger partial charge in [-0.05, 0) is 30.5 Å². The number of hydrogen-bond acceptors (Lipinski definition) is 5. The first-order chi connectivity index (χ1) is 12.2. The standard InChI is InChI=1S/C16H21FN2O5S2/c17-14-2-1-3-15(11-14)26(23,24)19-7-5-18(6-8-19)16(20)10-13-4-9-25(21,22)12-13/h1-3,11,13H,4-10,12H2/t13-/m1/s1. The molecular weight excluding hydrogens is 383 g/mol. The van der Waals surface area contributed by atoms with E-state index in [1.54, 1.807) is 4.90 Å². The molecule has 2 aliphatic rings. The van der Waals surface area contributed by atoms with Crippen LogP contribution in [0.15, 0.2) is 29.2 Å². The number of benzene rings is 1. The lowest BCUT2D eigenvalue weighted by molar-refractivity contribution is -0.133. The normalized spacial score (nSPS) is 23.9. The zero-order valence-corrected chi connectivity index (χ0v) is 15.8. The van der Waals surface area contributed by atoms with Crippen LogP contribution in [-0.4, -0.2) is 69.6 Å². The van der Waals surface area contributed by atoms with Crippen LogP contribution in [0.1, 0.15) is 12.8 Å². The van der Waals surface area contributed by atoms with Crippen molar-refractivity contribution in [2.24, 2.45) is 5.92 Å². The van der Waals surface area contributed by atoms with Gasteiger partial charge in [0.05, 0.1) is 16.4 Å². The Morgan fingerprint density at radius 3 is 2.46 bits per heavy atom. The van der Waals surface area contributed by atoms with Crippen LogP contribution >= 0.6 is 0 Å². The number of hydrogen-bond donors (Lipinski definition) is 0. The van der Waals surface area contributed by atoms with Crippen molar-refractivity contribution in [2.45, 2.75) is 17.7 Å². The molecule has 0 unspecified atom stereocenters. The van der Waals surface area contributed by atoms with Crippen molar-refractivity contribution < 1.29 is 26.0 Å². The van der Waals surface area contributed by atoms with Gasteiger partial charge in [-0.2, -0.15) is 4.31 Å². The van der Waals surface area contributed by atoms with Crippen molar-refractivity contribution in [2.75, 3.05) is 37.7 Å². The van der Waals surface area contributed by atoms with Crippen molar-refractivity contribution in [3.63, 3.8) is 0 Å². The number of sulfonamides is 1. The lowest BCUT2D eigenvalue weighted by atomic mass is 10.0. The van der Waals surface area contributed by atoms with Crippen LogP contribution < -0.4 is 0 Å². The van der Waals surface area contributed by atoms with E-state index >= 15 is 0 Å². The molecule has 0 aromatic heterocycles. The third kappa shape index (κ3) is 4.24. The highest BCUT2D eigenvalue weighted by molar-refractivity contribution is 7.91. The van der Waals surface area contributed by atoms with E-state index in [1.165, 1.54) is 22.5 Å². The minimum Gasteiger partial charge on any atom is -0.340 e. The van der Waals surface area contributed by atoms with Gasteiger partial charge in [0.2, 0.25) is 15.9 Å². The molecule has 2 saturated heterocycles. The molecule has 7 nitrogen and oxygen atoms in total. The van der Waals surface area contributed by atoms with E-state index in [0.29, 0.717) is 6.42 Å². The molecule has 144 valence electrons. The fourth-order valence-electron chi connectivity index (χ4n) is 3.36. The van der Waals surface area contributed by atoms with Crippen LogP contribution in [0, 0.1) is 11.7 Å². The van der Waals surface area contributed by atoms with Gasteiger partial charge in [-0.3, -0.25) is 4.79 Å². The molecule has 3 rings (SSSR count). The van der Waals surface area contributed by atoms with Gasteiger partial charge in [0.1, 0.15) is 5.82 Å². The number of sulfone groups is 1. The molecule has 0 N–H and O–H groups in total. The second kappa shape index (κ2) is 7.24. The number of piperazine rings is 1. The Kier molecular flexibility index (Phi) is 5.36. The molecule has 1 atom stereocenters. The number of rotatable bonds is 4. The van der Waals surface area contributed by atoms with Crippen LogP contribution in [0.5, 0.6) is 0 Å². The third-order valence-corrected chi connectivity index (χ3v) is 8.55. The Morgan fingerprint density at radius 1 is 1.19 bits per heavy atom. The van der Waals surface area contributed by atoms with Crippen molar-refractivity contribution in [1.82, 2.24) is 9.21 Å². The van der Waals surface area contributed by atoms with Crippen LogP contribution in [0.3, 0.4) is 0 Å². The molecular formula is C16H21FN2O5S2. The predicted molar refractivity (Wildman–Crippen MR) is 93.1 cm³/mol. The second-order valence-corrected chi connectivity index (χ2v) is 10.9. The zero-order valence-electron chi connectivity index (χ0n) is 14.2. The molecule has 0 spiro atoms. The lowest BCUT2D eigenvalue weighted by Gasteiger charge is -2.34. The molecule has 0 bridgehead atoms. The molecule has 1 amide bonds. The summed E-state index contributed by atoms with van der Waals surface area (Å²) in [6, 6.07) is 4.85. The molecule has 1 aromatic rings. The van der Waals surface area contributed by atoms with Crippen molar-refractivity contribution in [3.05, 3.63) is 30.1 Å². The first-order valence-electron chi connectivity index (χ1n) is 8.41. The fourth-order valence-corrected chi connectivity index (χ4v) is 6.68. The molecule has 2 aliphatic heterocycles. The number of nitrogens with zero attached hydrogens (tertiary/aromatic N) is 2. The largest absolute Gasteiger partial charge is 0.340 e. The Hall–Kier alpha value is -1.52. The van der Waals surface area contributed by atoms with E-state index in [0.717, 1.165) is 6.07 Å². The minimum atomic E-state index is -3.80. The van der Waals surface area contributed by atoms with Crippen molar-refractivity contribution >= 4 is 25.8 Å². The van der Waals surface area contributed by atoms with Crippen molar-refractivity contribution in [1.29, 1.82) is 0 Å². The van der Waals surface area contributed by atoms with E-state index in [1.807, 2.05) is 0 Å². The fraction of sp³-hybridized carbons (Fsp3) is 0.562. The average molecular weight is 404 g/mol. The summed E-state index contributed by atoms with van der Waals surface area (Å²) in [5.41, 5.74) is 0. The van der Waals surface area contributed by atoms with Gasteiger partial charge in [-0.1, -0.05) is 6.07 Å². The Bertz CT molecular complexity index is 893. The SMILES string of the molecule is O=C(C[C@H]1CCS(=O)(=O)C1)N1CCN(S(=O)(=O)c2cccc(F)c2)CC1. The predicted octanol–water partition coefficient (Wildman–Crippen LogP) is 0.483. The molecule has 10 heteroatoms. The van der Waals surface area contributed by atoms with Crippen LogP contribution in [-0.2, 0) is 24.7 Å². The summed E-state index contributed by atoms with van der Waals surface area (Å²) < 4.78 is 62.6. The smallest absolute Gasteiger partial charge is 0.243 e. The summed E-state index contributed by atoms with van der Waals surface area (Å²) in [4.78, 5) is 13.8. The maximum absolute atomic E-state index is 13.3. The van der Waals surface area contributed by atoms with Gasteiger partial charge in [0, 0.05) is 32.6 Å². The Balaban J connectivity index is 1.58. The van der Waals surface area contributed by atoms with Crippen LogP contribution in [0.25, 0.3) is 0 Å². The number of carbonyl (C=O) groups is 1. The van der Waals surface area contributed by atoms with Gasteiger partial charge in [-0.25, -0.2) is 21.2 Å². The van der Waals surface area contributed by atoms with Gasteiger partial charge >= 0.3 is 0 Å². The maximum Gasteiger partial charge on any atom is 0.243 e. The number of halogens is 1. The molecule has 0 aliphatic carbocycles. The monoisotopic (exact) mass is 404 g/mol. The quantitative estimate of drug-likeness (QED) is 0.728. The molecule has 0 radical (unpaired) electrons. The van der Waals surface area contributed by atoms with Gasteiger partial charge in [-0.15, -0.1) is 0 Å². The minimum absolute atomic E-state index is 0.0483. The maximum atomic E-state index is 13.3. The summed E-state index contributed by atoms with van der Waals surface area (Å²) in [6.07, 6.45) is 0.678. The van der Waals surface area contributed by atoms with E-state index < -0.39 is 25.7 Å². The van der Waals surface area contributed by atoms with E-state index in [-0.39, 0.29) is 60.8 Å². The van der Waals surface area contributed by atoms with Gasteiger partial charge in [0.15, 0.2) is 9.84 Å². The molecule has 2 fully saturated rings. The Morgan fingerprint density at radius 2 is 1.88 bits per heavy atom. The van der Waals surface area contributed by atoms with Crippen LogP contribution in [0.2, 0.25) is 0 Å². The lowest BCUT2D eigenvalue weighted by Crippen LogP contribution is -2.50. The number of carbonyl (C=O) groups excluding carboxylic acids is 1. The highest BCUT2D eigenvalue weighted by Gasteiger charge is 2.33. The van der Waals surface area contributed by atoms with E-state index in [4.69, 9.17) is 0 Å². The third-order valence-electron chi connectivity index (χ3n) is 4.82. The first-order valence-corrected chi connectivity index (χ1v) is 11.7. The van der Waals surface area contributed by atoms with E-state index in [2.05, 4.69) is 0 Å². The molecule has 0 saturated carbocycles. The summed E-state index contributed by atoms with van der Waals surface area (Å²) in [5, 5.41) is 0. The summed E-state index contributed by atoms with van der Waals surface area (Å²) in [6.45, 7) is 0.751. The summed E-state index contributed by atoms with van der Waals surface area (Å²) in [5.74, 6) is -0.736. The van der Waals surface area contributed by atoms with E-state index in [9.17, 15) is 26.0 Å². The topological polar surface area (TPSA) is 91.8 Å². The van der Waals surface area contributed by atoms with Gasteiger partial charge in [0.25, 0.3) is 0 Å². The van der Waals surface area contributed by atoms with Gasteiger partial charge < -0.3 is 4.90 Å². The second-order valence-electron chi connectivity index (χ2n) is 6.72. The number of amides is 1. The van der Waals surface area contributed by atoms with Crippen LogP contribution in [0.4, 0.5) is 4.39 Å². The first kappa shape index (κ1) is 19.2.